The zero-order valence-corrected chi connectivity index (χ0v) is 26.0. The van der Waals surface area contributed by atoms with Crippen LogP contribution in [0, 0.1) is 35.5 Å². The van der Waals surface area contributed by atoms with Gasteiger partial charge in [-0.3, -0.25) is 9.59 Å². The summed E-state index contributed by atoms with van der Waals surface area (Å²) in [5, 5.41) is 10.9. The highest BCUT2D eigenvalue weighted by Crippen LogP contribution is 2.54. The predicted molar refractivity (Wildman–Crippen MR) is 154 cm³/mol. The fraction of sp³-hybridized carbons (Fsp3) is 0.818. The van der Waals surface area contributed by atoms with Crippen LogP contribution < -0.4 is 0 Å². The average molecular weight is 591 g/mol. The molecule has 2 aliphatic heterocycles. The molecule has 5 rings (SSSR count). The maximum absolute atomic E-state index is 13.8. The summed E-state index contributed by atoms with van der Waals surface area (Å²) in [5.41, 5.74) is 0.689. The number of cyclic esters (lactones) is 1. The maximum Gasteiger partial charge on any atom is 0.306 e. The number of ketones is 1. The number of allylic oxidation sites excluding steroid dienone is 4. The van der Waals surface area contributed by atoms with Crippen molar-refractivity contribution in [1.82, 2.24) is 0 Å². The van der Waals surface area contributed by atoms with E-state index in [1.807, 2.05) is 20.8 Å². The Hall–Kier alpha value is -1.62. The van der Waals surface area contributed by atoms with Gasteiger partial charge in [-0.15, -0.1) is 0 Å². The van der Waals surface area contributed by atoms with Crippen molar-refractivity contribution in [1.29, 1.82) is 0 Å². The van der Waals surface area contributed by atoms with E-state index in [0.717, 1.165) is 25.7 Å². The number of esters is 1. The molecule has 3 fully saturated rings. The van der Waals surface area contributed by atoms with Crippen LogP contribution in [0.5, 0.6) is 0 Å². The Bertz CT molecular complexity index is 1020. The van der Waals surface area contributed by atoms with Crippen LogP contribution in [0.15, 0.2) is 23.8 Å². The summed E-state index contributed by atoms with van der Waals surface area (Å²) >= 11 is 0. The quantitative estimate of drug-likeness (QED) is 0.363. The zero-order chi connectivity index (χ0) is 30.1. The molecule has 3 aliphatic carbocycles. The normalized spacial score (nSPS) is 46.1. The van der Waals surface area contributed by atoms with Crippen LogP contribution in [0.1, 0.15) is 65.7 Å². The van der Waals surface area contributed by atoms with Crippen molar-refractivity contribution in [2.75, 3.05) is 21.3 Å². The van der Waals surface area contributed by atoms with Crippen LogP contribution in [0.3, 0.4) is 0 Å². The van der Waals surface area contributed by atoms with Gasteiger partial charge in [-0.2, -0.15) is 0 Å². The first-order valence-corrected chi connectivity index (χ1v) is 15.9. The Morgan fingerprint density at radius 3 is 2.38 bits per heavy atom. The third-order valence-electron chi connectivity index (χ3n) is 10.7. The summed E-state index contributed by atoms with van der Waals surface area (Å²) in [6, 6.07) is 0. The highest BCUT2D eigenvalue weighted by molar-refractivity contribution is 5.99. The second-order valence-corrected chi connectivity index (χ2v) is 13.0. The van der Waals surface area contributed by atoms with E-state index >= 15 is 0 Å². The molecular weight excluding hydrogens is 540 g/mol. The number of Topliss-reactive ketones (excluding diaryl/α,β-unsaturated/α-hetero) is 1. The topological polar surface area (TPSA) is 110 Å². The van der Waals surface area contributed by atoms with Gasteiger partial charge >= 0.3 is 5.97 Å². The molecule has 9 nitrogen and oxygen atoms in total. The van der Waals surface area contributed by atoms with Gasteiger partial charge < -0.3 is 33.5 Å². The van der Waals surface area contributed by atoms with Gasteiger partial charge in [-0.25, -0.2) is 0 Å². The minimum absolute atomic E-state index is 0.0381. The van der Waals surface area contributed by atoms with Gasteiger partial charge in [-0.1, -0.05) is 32.1 Å². The van der Waals surface area contributed by atoms with E-state index in [1.54, 1.807) is 21.3 Å². The van der Waals surface area contributed by atoms with Crippen molar-refractivity contribution in [2.45, 2.75) is 115 Å². The number of methoxy groups -OCH3 is 3. The summed E-state index contributed by atoms with van der Waals surface area (Å²) < 4.78 is 35.9. The molecule has 0 spiro atoms. The van der Waals surface area contributed by atoms with E-state index in [4.69, 9.17) is 28.4 Å². The summed E-state index contributed by atoms with van der Waals surface area (Å²) in [7, 11) is 4.93. The van der Waals surface area contributed by atoms with E-state index in [-0.39, 0.29) is 72.4 Å². The lowest BCUT2D eigenvalue weighted by molar-refractivity contribution is -0.314. The van der Waals surface area contributed by atoms with Gasteiger partial charge in [0.15, 0.2) is 12.1 Å². The number of hydrogen-bond acceptors (Lipinski definition) is 9. The van der Waals surface area contributed by atoms with Gasteiger partial charge in [0.2, 0.25) is 0 Å². The fourth-order valence-electron chi connectivity index (χ4n) is 8.31. The molecule has 0 aromatic rings. The Morgan fingerprint density at radius 1 is 0.952 bits per heavy atom. The Morgan fingerprint density at radius 2 is 1.69 bits per heavy atom. The van der Waals surface area contributed by atoms with E-state index in [2.05, 4.69) is 18.2 Å². The van der Waals surface area contributed by atoms with Gasteiger partial charge in [0.05, 0.1) is 24.7 Å². The molecule has 2 saturated heterocycles. The molecule has 14 atom stereocenters. The second kappa shape index (κ2) is 13.6. The summed E-state index contributed by atoms with van der Waals surface area (Å²) in [6.45, 7) is 5.80. The number of ether oxygens (including phenoxy) is 6. The van der Waals surface area contributed by atoms with Crippen molar-refractivity contribution in [2.24, 2.45) is 35.5 Å². The molecule has 2 heterocycles. The van der Waals surface area contributed by atoms with Crippen molar-refractivity contribution in [3.05, 3.63) is 23.8 Å². The third kappa shape index (κ3) is 6.15. The standard InChI is InChI=1S/C33H50O9/c1-7-20-9-8-10-27(34)17(2)29(36)26-15-24-22(25(26)16-28(35)41-20)12-11-19-13-21(14-23(19)24)42-33-32(39-6)31(38-5)30(37-4)18(3)40-33/h11-12,15,17-25,27,30-34H,7-10,13-14,16H2,1-6H3/t17-,18+,19-,20+,21-,22-,23-,24-,25+,27+,30+,31-,32-,33+/m1/s1. The van der Waals surface area contributed by atoms with Crippen molar-refractivity contribution < 1.29 is 43.1 Å². The van der Waals surface area contributed by atoms with Crippen molar-refractivity contribution >= 4 is 11.8 Å². The average Bonchev–Trinajstić information content (AvgIpc) is 3.55. The van der Waals surface area contributed by atoms with E-state index in [0.29, 0.717) is 24.3 Å². The molecule has 42 heavy (non-hydrogen) atoms. The van der Waals surface area contributed by atoms with Crippen LogP contribution in [0.25, 0.3) is 0 Å². The molecule has 1 N–H and O–H groups in total. The maximum atomic E-state index is 13.8. The predicted octanol–water partition coefficient (Wildman–Crippen LogP) is 4.01. The van der Waals surface area contributed by atoms with Crippen molar-refractivity contribution in [3.8, 4) is 0 Å². The largest absolute Gasteiger partial charge is 0.462 e. The zero-order valence-electron chi connectivity index (χ0n) is 26.0. The van der Waals surface area contributed by atoms with Crippen LogP contribution in [-0.2, 0) is 38.0 Å². The number of aliphatic hydroxyl groups is 1. The second-order valence-electron chi connectivity index (χ2n) is 13.0. The number of aliphatic hydroxyl groups excluding tert-OH is 1. The fourth-order valence-corrected chi connectivity index (χ4v) is 8.31. The SMILES string of the molecule is CC[C@H]1CCC[C@H](O)[C@@H](C)C(=O)C2=C[C@@H]3[C@@H](C=C[C@@H]4C[C@@H](O[C@@H]5O[C@@H](C)[C@H](OC)[C@@H](OC)[C@H]5OC)C[C@@H]34)[C@@H]2CC(=O)O1. The minimum Gasteiger partial charge on any atom is -0.462 e. The molecule has 0 unspecified atom stereocenters. The van der Waals surface area contributed by atoms with E-state index in [1.165, 1.54) is 0 Å². The first-order chi connectivity index (χ1) is 20.2. The number of fused-ring (bicyclic) bond motifs is 5. The first-order valence-electron chi connectivity index (χ1n) is 15.9. The first kappa shape index (κ1) is 31.8. The molecule has 1 saturated carbocycles. The molecular formula is C33H50O9. The van der Waals surface area contributed by atoms with E-state index in [9.17, 15) is 14.7 Å². The molecule has 0 amide bonds. The Balaban J connectivity index is 1.34. The lowest BCUT2D eigenvalue weighted by atomic mass is 9.70. The summed E-state index contributed by atoms with van der Waals surface area (Å²) in [4.78, 5) is 26.9. The van der Waals surface area contributed by atoms with Gasteiger partial charge in [-0.05, 0) is 74.7 Å². The Kier molecular flexibility index (Phi) is 10.3. The molecule has 0 aromatic carbocycles. The lowest BCUT2D eigenvalue weighted by Gasteiger charge is -2.44. The molecule has 0 aromatic heterocycles. The molecule has 5 aliphatic rings. The minimum atomic E-state index is -0.706. The highest BCUT2D eigenvalue weighted by atomic mass is 16.7. The van der Waals surface area contributed by atoms with Gasteiger partial charge in [0.25, 0.3) is 0 Å². The molecule has 236 valence electrons. The van der Waals surface area contributed by atoms with Crippen LogP contribution in [-0.4, -0.2) is 87.2 Å². The lowest BCUT2D eigenvalue weighted by Crippen LogP contribution is -2.59. The third-order valence-corrected chi connectivity index (χ3v) is 10.7. The van der Waals surface area contributed by atoms with E-state index < -0.39 is 24.4 Å². The monoisotopic (exact) mass is 590 g/mol. The van der Waals surface area contributed by atoms with Gasteiger partial charge in [0, 0.05) is 33.2 Å². The summed E-state index contributed by atoms with van der Waals surface area (Å²) in [5.74, 6) is -0.278. The molecule has 9 heteroatoms. The molecule has 0 bridgehead atoms. The smallest absolute Gasteiger partial charge is 0.306 e. The van der Waals surface area contributed by atoms with Crippen LogP contribution in [0.4, 0.5) is 0 Å². The Labute approximate surface area is 250 Å². The summed E-state index contributed by atoms with van der Waals surface area (Å²) in [6.07, 6.45) is 8.39. The number of rotatable bonds is 6. The van der Waals surface area contributed by atoms with Crippen molar-refractivity contribution in [3.63, 3.8) is 0 Å². The van der Waals surface area contributed by atoms with Crippen LogP contribution in [0.2, 0.25) is 0 Å². The number of carbonyl (C=O) groups excluding carboxylic acids is 2. The van der Waals surface area contributed by atoms with Crippen LogP contribution >= 0.6 is 0 Å². The number of carbonyl (C=O) groups is 2. The molecule has 0 radical (unpaired) electrons. The van der Waals surface area contributed by atoms with Gasteiger partial charge in [0.1, 0.15) is 24.4 Å². The highest BCUT2D eigenvalue weighted by Gasteiger charge is 2.52. The number of hydrogen-bond donors (Lipinski definition) is 1.